The highest BCUT2D eigenvalue weighted by Crippen LogP contribution is 2.21. The first-order valence-corrected chi connectivity index (χ1v) is 7.59. The van der Waals surface area contributed by atoms with Crippen LogP contribution in [0.5, 0.6) is 0 Å². The minimum Gasteiger partial charge on any atom is -0.336 e. The number of aromatic nitrogens is 3. The zero-order chi connectivity index (χ0) is 16.4. The van der Waals surface area contributed by atoms with Gasteiger partial charge in [-0.15, -0.1) is 0 Å². The highest BCUT2D eigenvalue weighted by atomic mass is 35.5. The maximum Gasteiger partial charge on any atom is 0.272 e. The molecule has 2 aromatic heterocycles. The second kappa shape index (κ2) is 6.48. The molecule has 0 spiro atoms. The Hall–Kier alpha value is -1.88. The number of rotatable bonds is 4. The maximum absolute atomic E-state index is 12.5. The van der Waals surface area contributed by atoms with E-state index in [0.29, 0.717) is 17.4 Å². The summed E-state index contributed by atoms with van der Waals surface area (Å²) in [6.45, 7) is 6.40. The number of aryl methyl sites for hydroxylation is 2. The van der Waals surface area contributed by atoms with E-state index in [4.69, 9.17) is 11.6 Å². The van der Waals surface area contributed by atoms with Gasteiger partial charge in [0.05, 0.1) is 12.2 Å². The first-order valence-electron chi connectivity index (χ1n) is 7.21. The third-order valence-electron chi connectivity index (χ3n) is 3.59. The van der Waals surface area contributed by atoms with Crippen molar-refractivity contribution in [2.45, 2.75) is 33.2 Å². The van der Waals surface area contributed by atoms with Crippen molar-refractivity contribution in [3.8, 4) is 0 Å². The van der Waals surface area contributed by atoms with Gasteiger partial charge in [-0.1, -0.05) is 31.5 Å². The summed E-state index contributed by atoms with van der Waals surface area (Å²) in [6.07, 6.45) is 0. The van der Waals surface area contributed by atoms with Gasteiger partial charge >= 0.3 is 0 Å². The van der Waals surface area contributed by atoms with Crippen LogP contribution in [0.3, 0.4) is 0 Å². The lowest BCUT2D eigenvalue weighted by Crippen LogP contribution is -2.27. The molecule has 0 saturated carbocycles. The zero-order valence-corrected chi connectivity index (χ0v) is 14.3. The fourth-order valence-corrected chi connectivity index (χ4v) is 2.48. The van der Waals surface area contributed by atoms with E-state index in [1.165, 1.54) is 0 Å². The molecule has 6 heteroatoms. The molecule has 2 aromatic rings. The Balaban J connectivity index is 2.20. The lowest BCUT2D eigenvalue weighted by atomic mass is 10.1. The van der Waals surface area contributed by atoms with Crippen LogP contribution in [0.4, 0.5) is 0 Å². The Morgan fingerprint density at radius 2 is 2.09 bits per heavy atom. The molecule has 0 radical (unpaired) electrons. The van der Waals surface area contributed by atoms with Crippen LogP contribution in [-0.4, -0.2) is 32.6 Å². The van der Waals surface area contributed by atoms with Crippen LogP contribution in [-0.2, 0) is 13.6 Å². The summed E-state index contributed by atoms with van der Waals surface area (Å²) in [7, 11) is 3.53. The molecule has 0 unspecified atom stereocenters. The van der Waals surface area contributed by atoms with E-state index in [9.17, 15) is 4.79 Å². The van der Waals surface area contributed by atoms with Crippen molar-refractivity contribution in [1.82, 2.24) is 19.7 Å². The van der Waals surface area contributed by atoms with Gasteiger partial charge in [-0.05, 0) is 25.0 Å². The third kappa shape index (κ3) is 3.30. The number of hydrogen-bond acceptors (Lipinski definition) is 3. The van der Waals surface area contributed by atoms with Crippen molar-refractivity contribution in [3.63, 3.8) is 0 Å². The summed E-state index contributed by atoms with van der Waals surface area (Å²) in [5, 5.41) is 4.82. The van der Waals surface area contributed by atoms with Gasteiger partial charge in [-0.2, -0.15) is 5.10 Å². The molecule has 22 heavy (non-hydrogen) atoms. The number of nitrogens with zero attached hydrogens (tertiary/aromatic N) is 4. The van der Waals surface area contributed by atoms with Crippen LogP contribution in [0, 0.1) is 6.92 Å². The molecular weight excluding hydrogens is 300 g/mol. The summed E-state index contributed by atoms with van der Waals surface area (Å²) in [4.78, 5) is 18.6. The second-order valence-electron chi connectivity index (χ2n) is 5.74. The molecule has 0 aliphatic rings. The fourth-order valence-electron chi connectivity index (χ4n) is 2.25. The van der Waals surface area contributed by atoms with Gasteiger partial charge < -0.3 is 4.90 Å². The smallest absolute Gasteiger partial charge is 0.272 e. The van der Waals surface area contributed by atoms with Crippen molar-refractivity contribution >= 4 is 17.5 Å². The normalized spacial score (nSPS) is 11.0. The molecule has 2 heterocycles. The zero-order valence-electron chi connectivity index (χ0n) is 13.6. The predicted molar refractivity (Wildman–Crippen MR) is 87.1 cm³/mol. The SMILES string of the molecule is Cc1nn(C)c(Cl)c1CN(C)C(=O)c1cccc(C(C)C)n1. The molecule has 0 bridgehead atoms. The van der Waals surface area contributed by atoms with E-state index in [1.807, 2.05) is 19.1 Å². The van der Waals surface area contributed by atoms with Crippen LogP contribution in [0.15, 0.2) is 18.2 Å². The molecule has 0 atom stereocenters. The van der Waals surface area contributed by atoms with Gasteiger partial charge in [0.1, 0.15) is 10.8 Å². The Bertz CT molecular complexity index is 693. The molecule has 0 fully saturated rings. The van der Waals surface area contributed by atoms with Gasteiger partial charge in [0.15, 0.2) is 0 Å². The lowest BCUT2D eigenvalue weighted by molar-refractivity contribution is 0.0779. The molecule has 0 saturated heterocycles. The summed E-state index contributed by atoms with van der Waals surface area (Å²) < 4.78 is 1.61. The number of pyridine rings is 1. The second-order valence-corrected chi connectivity index (χ2v) is 6.10. The third-order valence-corrected chi connectivity index (χ3v) is 4.07. The van der Waals surface area contributed by atoms with Crippen LogP contribution in [0.25, 0.3) is 0 Å². The van der Waals surface area contributed by atoms with Gasteiger partial charge in [-0.25, -0.2) is 4.98 Å². The largest absolute Gasteiger partial charge is 0.336 e. The maximum atomic E-state index is 12.5. The minimum atomic E-state index is -0.123. The molecule has 0 aromatic carbocycles. The number of hydrogen-bond donors (Lipinski definition) is 0. The molecule has 1 amide bonds. The lowest BCUT2D eigenvalue weighted by Gasteiger charge is -2.17. The molecular formula is C16H21ClN4O. The molecule has 0 aliphatic heterocycles. The molecule has 118 valence electrons. The first kappa shape index (κ1) is 16.5. The quantitative estimate of drug-likeness (QED) is 0.869. The minimum absolute atomic E-state index is 0.123. The van der Waals surface area contributed by atoms with Crippen LogP contribution in [0.2, 0.25) is 5.15 Å². The van der Waals surface area contributed by atoms with Crippen molar-refractivity contribution < 1.29 is 4.79 Å². The average Bonchev–Trinajstić information content (AvgIpc) is 2.73. The van der Waals surface area contributed by atoms with E-state index in [-0.39, 0.29) is 11.8 Å². The van der Waals surface area contributed by atoms with Gasteiger partial charge in [0.2, 0.25) is 0 Å². The van der Waals surface area contributed by atoms with Crippen molar-refractivity contribution in [2.24, 2.45) is 7.05 Å². The molecule has 5 nitrogen and oxygen atoms in total. The number of carbonyl (C=O) groups excluding carboxylic acids is 1. The Morgan fingerprint density at radius 1 is 1.41 bits per heavy atom. The van der Waals surface area contributed by atoms with Gasteiger partial charge in [0.25, 0.3) is 5.91 Å². The van der Waals surface area contributed by atoms with Crippen molar-refractivity contribution in [3.05, 3.63) is 46.0 Å². The summed E-state index contributed by atoms with van der Waals surface area (Å²) >= 11 is 6.22. The predicted octanol–water partition coefficient (Wildman–Crippen LogP) is 3.17. The molecule has 0 aliphatic carbocycles. The Kier molecular flexibility index (Phi) is 4.86. The van der Waals surface area contributed by atoms with E-state index < -0.39 is 0 Å². The van der Waals surface area contributed by atoms with E-state index in [0.717, 1.165) is 17.0 Å². The van der Waals surface area contributed by atoms with Gasteiger partial charge in [0, 0.05) is 25.4 Å². The number of halogens is 1. The van der Waals surface area contributed by atoms with Crippen LogP contribution < -0.4 is 0 Å². The summed E-state index contributed by atoms with van der Waals surface area (Å²) in [6, 6.07) is 5.54. The first-order chi connectivity index (χ1) is 10.3. The van der Waals surface area contributed by atoms with Crippen molar-refractivity contribution in [1.29, 1.82) is 0 Å². The molecule has 2 rings (SSSR count). The highest BCUT2D eigenvalue weighted by Gasteiger charge is 2.19. The van der Waals surface area contributed by atoms with Crippen LogP contribution >= 0.6 is 11.6 Å². The summed E-state index contributed by atoms with van der Waals surface area (Å²) in [5.74, 6) is 0.162. The Morgan fingerprint density at radius 3 is 2.64 bits per heavy atom. The van der Waals surface area contributed by atoms with Crippen molar-refractivity contribution in [2.75, 3.05) is 7.05 Å². The van der Waals surface area contributed by atoms with Gasteiger partial charge in [-0.3, -0.25) is 9.48 Å². The number of amides is 1. The topological polar surface area (TPSA) is 51.0 Å². The highest BCUT2D eigenvalue weighted by molar-refractivity contribution is 6.30. The molecule has 0 N–H and O–H groups in total. The average molecular weight is 321 g/mol. The van der Waals surface area contributed by atoms with E-state index >= 15 is 0 Å². The van der Waals surface area contributed by atoms with E-state index in [2.05, 4.69) is 23.9 Å². The van der Waals surface area contributed by atoms with Crippen LogP contribution in [0.1, 0.15) is 47.2 Å². The monoisotopic (exact) mass is 320 g/mol. The number of carbonyl (C=O) groups is 1. The standard InChI is InChI=1S/C16H21ClN4O/c1-10(2)13-7-6-8-14(18-13)16(22)20(4)9-12-11(3)19-21(5)15(12)17/h6-8,10H,9H2,1-5H3. The summed E-state index contributed by atoms with van der Waals surface area (Å²) in [5.41, 5.74) is 3.05. The van der Waals surface area contributed by atoms with E-state index in [1.54, 1.807) is 29.7 Å². The Labute approximate surface area is 135 Å². The fraction of sp³-hybridized carbons (Fsp3) is 0.438.